The van der Waals surface area contributed by atoms with Gasteiger partial charge < -0.3 is 15.1 Å². The number of rotatable bonds is 4. The van der Waals surface area contributed by atoms with E-state index in [0.717, 1.165) is 31.6 Å². The number of hydrogen-bond donors (Lipinski definition) is 2. The molecule has 25 heavy (non-hydrogen) atoms. The molecule has 0 saturated carbocycles. The number of amides is 1. The van der Waals surface area contributed by atoms with Crippen molar-refractivity contribution in [3.8, 4) is 0 Å². The number of aryl methyl sites for hydroxylation is 2. The van der Waals surface area contributed by atoms with Crippen molar-refractivity contribution >= 4 is 5.91 Å². The molecule has 3 rings (SSSR count). The minimum Gasteiger partial charge on any atom is -0.427 e. The van der Waals surface area contributed by atoms with Crippen LogP contribution in [0.2, 0.25) is 0 Å². The normalized spacial score (nSPS) is 15.1. The SMILES string of the molecule is Cc1cnc(CNC(=O)c2c(C)cc(C3CCNCC3)oc2=O)cn1. The Morgan fingerprint density at radius 3 is 2.68 bits per heavy atom. The van der Waals surface area contributed by atoms with Gasteiger partial charge in [-0.25, -0.2) is 4.79 Å². The van der Waals surface area contributed by atoms with Crippen molar-refractivity contribution in [2.45, 2.75) is 39.2 Å². The summed E-state index contributed by atoms with van der Waals surface area (Å²) < 4.78 is 5.45. The fourth-order valence-electron chi connectivity index (χ4n) is 2.98. The van der Waals surface area contributed by atoms with Crippen LogP contribution in [-0.4, -0.2) is 29.0 Å². The lowest BCUT2D eigenvalue weighted by atomic mass is 9.94. The molecule has 0 aromatic carbocycles. The van der Waals surface area contributed by atoms with Gasteiger partial charge >= 0.3 is 5.63 Å². The van der Waals surface area contributed by atoms with Crippen molar-refractivity contribution < 1.29 is 9.21 Å². The lowest BCUT2D eigenvalue weighted by Crippen LogP contribution is -2.31. The van der Waals surface area contributed by atoms with Gasteiger partial charge in [0.05, 0.1) is 24.1 Å². The van der Waals surface area contributed by atoms with E-state index in [9.17, 15) is 9.59 Å². The average Bonchev–Trinajstić information content (AvgIpc) is 2.61. The van der Waals surface area contributed by atoms with Crippen molar-refractivity contribution in [2.24, 2.45) is 0 Å². The van der Waals surface area contributed by atoms with Crippen LogP contribution in [0.5, 0.6) is 0 Å². The van der Waals surface area contributed by atoms with E-state index < -0.39 is 11.5 Å². The molecule has 0 radical (unpaired) electrons. The van der Waals surface area contributed by atoms with E-state index in [0.29, 0.717) is 17.0 Å². The van der Waals surface area contributed by atoms with Gasteiger partial charge in [-0.2, -0.15) is 0 Å². The molecule has 1 aliphatic heterocycles. The first-order valence-electron chi connectivity index (χ1n) is 8.45. The Hall–Kier alpha value is -2.54. The maximum atomic E-state index is 12.4. The molecule has 1 amide bonds. The largest absolute Gasteiger partial charge is 0.427 e. The lowest BCUT2D eigenvalue weighted by Gasteiger charge is -2.21. The third kappa shape index (κ3) is 4.11. The molecule has 7 heteroatoms. The lowest BCUT2D eigenvalue weighted by molar-refractivity contribution is 0.0945. The Morgan fingerprint density at radius 2 is 2.04 bits per heavy atom. The Kier molecular flexibility index (Phi) is 5.23. The minimum atomic E-state index is -0.582. The van der Waals surface area contributed by atoms with Crippen LogP contribution in [0.25, 0.3) is 0 Å². The number of nitrogens with zero attached hydrogens (tertiary/aromatic N) is 2. The van der Waals surface area contributed by atoms with Crippen LogP contribution in [0, 0.1) is 13.8 Å². The van der Waals surface area contributed by atoms with Crippen molar-refractivity contribution in [1.29, 1.82) is 0 Å². The van der Waals surface area contributed by atoms with Crippen LogP contribution < -0.4 is 16.3 Å². The van der Waals surface area contributed by atoms with E-state index >= 15 is 0 Å². The van der Waals surface area contributed by atoms with Gasteiger partial charge in [0.15, 0.2) is 0 Å². The number of hydrogen-bond acceptors (Lipinski definition) is 6. The van der Waals surface area contributed by atoms with E-state index in [2.05, 4.69) is 20.6 Å². The minimum absolute atomic E-state index is 0.0535. The molecule has 132 valence electrons. The molecule has 2 N–H and O–H groups in total. The van der Waals surface area contributed by atoms with E-state index in [-0.39, 0.29) is 18.0 Å². The van der Waals surface area contributed by atoms with Crippen molar-refractivity contribution in [3.05, 3.63) is 57.2 Å². The summed E-state index contributed by atoms with van der Waals surface area (Å²) in [5, 5.41) is 5.99. The summed E-state index contributed by atoms with van der Waals surface area (Å²) in [5.74, 6) is 0.447. The smallest absolute Gasteiger partial charge is 0.349 e. The summed E-state index contributed by atoms with van der Waals surface area (Å²) in [6.07, 6.45) is 5.10. The third-order valence-electron chi connectivity index (χ3n) is 4.40. The Balaban J connectivity index is 1.73. The van der Waals surface area contributed by atoms with E-state index in [1.165, 1.54) is 0 Å². The summed E-state index contributed by atoms with van der Waals surface area (Å²) >= 11 is 0. The average molecular weight is 342 g/mol. The third-order valence-corrected chi connectivity index (χ3v) is 4.40. The van der Waals surface area contributed by atoms with Gasteiger partial charge in [-0.3, -0.25) is 14.8 Å². The van der Waals surface area contributed by atoms with Gasteiger partial charge in [0.25, 0.3) is 5.91 Å². The summed E-state index contributed by atoms with van der Waals surface area (Å²) in [6, 6.07) is 1.82. The number of carbonyl (C=O) groups is 1. The molecule has 0 unspecified atom stereocenters. The van der Waals surface area contributed by atoms with Gasteiger partial charge in [0, 0.05) is 12.1 Å². The number of aromatic nitrogens is 2. The molecular formula is C18H22N4O3. The topological polar surface area (TPSA) is 97.1 Å². The van der Waals surface area contributed by atoms with Crippen LogP contribution in [-0.2, 0) is 6.54 Å². The van der Waals surface area contributed by atoms with Gasteiger partial charge in [-0.15, -0.1) is 0 Å². The van der Waals surface area contributed by atoms with Gasteiger partial charge in [0.1, 0.15) is 11.3 Å². The second-order valence-electron chi connectivity index (χ2n) is 6.35. The molecule has 0 aliphatic carbocycles. The molecule has 0 bridgehead atoms. The molecule has 0 spiro atoms. The molecule has 1 aliphatic rings. The fourth-order valence-corrected chi connectivity index (χ4v) is 2.98. The number of nitrogens with one attached hydrogen (secondary N) is 2. The van der Waals surface area contributed by atoms with Crippen molar-refractivity contribution in [2.75, 3.05) is 13.1 Å². The molecule has 2 aromatic heterocycles. The van der Waals surface area contributed by atoms with Gasteiger partial charge in [0.2, 0.25) is 0 Å². The molecule has 1 fully saturated rings. The van der Waals surface area contributed by atoms with E-state index in [1.807, 2.05) is 13.0 Å². The van der Waals surface area contributed by atoms with Crippen LogP contribution in [0.4, 0.5) is 0 Å². The standard InChI is InChI=1S/C18H22N4O3/c1-11-7-15(13-3-5-19-6-4-13)25-18(24)16(11)17(23)22-10-14-9-20-12(2)8-21-14/h7-9,13,19H,3-6,10H2,1-2H3,(H,22,23). The Labute approximate surface area is 145 Å². The number of carbonyl (C=O) groups excluding carboxylic acids is 1. The monoisotopic (exact) mass is 342 g/mol. The molecular weight excluding hydrogens is 320 g/mol. The highest BCUT2D eigenvalue weighted by molar-refractivity contribution is 5.95. The zero-order valence-corrected chi connectivity index (χ0v) is 14.5. The predicted molar refractivity (Wildman–Crippen MR) is 92.5 cm³/mol. The first-order chi connectivity index (χ1) is 12.0. The van der Waals surface area contributed by atoms with E-state index in [4.69, 9.17) is 4.42 Å². The fraction of sp³-hybridized carbons (Fsp3) is 0.444. The predicted octanol–water partition coefficient (Wildman–Crippen LogP) is 1.44. The Morgan fingerprint density at radius 1 is 1.28 bits per heavy atom. The number of piperidine rings is 1. The van der Waals surface area contributed by atoms with Crippen molar-refractivity contribution in [1.82, 2.24) is 20.6 Å². The summed E-state index contributed by atoms with van der Waals surface area (Å²) in [6.45, 7) is 5.64. The molecule has 3 heterocycles. The van der Waals surface area contributed by atoms with Crippen molar-refractivity contribution in [3.63, 3.8) is 0 Å². The maximum Gasteiger partial charge on any atom is 0.349 e. The highest BCUT2D eigenvalue weighted by Crippen LogP contribution is 2.25. The highest BCUT2D eigenvalue weighted by Gasteiger charge is 2.22. The summed E-state index contributed by atoms with van der Waals surface area (Å²) in [4.78, 5) is 33.0. The zero-order valence-electron chi connectivity index (χ0n) is 14.5. The molecule has 7 nitrogen and oxygen atoms in total. The van der Waals surface area contributed by atoms with Crippen LogP contribution in [0.1, 0.15) is 51.8 Å². The summed E-state index contributed by atoms with van der Waals surface area (Å²) in [7, 11) is 0. The van der Waals surface area contributed by atoms with Gasteiger partial charge in [-0.05, 0) is 51.4 Å². The van der Waals surface area contributed by atoms with Crippen LogP contribution >= 0.6 is 0 Å². The highest BCUT2D eigenvalue weighted by atomic mass is 16.4. The molecule has 2 aromatic rings. The molecule has 0 atom stereocenters. The second kappa shape index (κ2) is 7.57. The Bertz CT molecular complexity index is 808. The summed E-state index contributed by atoms with van der Waals surface area (Å²) in [5.41, 5.74) is 1.54. The first-order valence-corrected chi connectivity index (χ1v) is 8.45. The zero-order chi connectivity index (χ0) is 17.8. The van der Waals surface area contributed by atoms with Gasteiger partial charge in [-0.1, -0.05) is 0 Å². The second-order valence-corrected chi connectivity index (χ2v) is 6.35. The van der Waals surface area contributed by atoms with Crippen LogP contribution in [0.3, 0.4) is 0 Å². The first kappa shape index (κ1) is 17.3. The molecule has 1 saturated heterocycles. The quantitative estimate of drug-likeness (QED) is 0.873. The van der Waals surface area contributed by atoms with Crippen LogP contribution in [0.15, 0.2) is 27.7 Å². The maximum absolute atomic E-state index is 12.4. The van der Waals surface area contributed by atoms with E-state index in [1.54, 1.807) is 19.3 Å².